The Labute approximate surface area is 116 Å². The Balaban J connectivity index is 2.32. The molecule has 0 aliphatic carbocycles. The van der Waals surface area contributed by atoms with E-state index in [1.54, 1.807) is 6.20 Å². The first-order valence-electron chi connectivity index (χ1n) is 5.74. The molecule has 0 aromatic carbocycles. The van der Waals surface area contributed by atoms with E-state index in [2.05, 4.69) is 32.9 Å². The molecule has 0 aliphatic heterocycles. The summed E-state index contributed by atoms with van der Waals surface area (Å²) in [6.45, 7) is 5.70. The number of hydrogen-bond acceptors (Lipinski definition) is 4. The summed E-state index contributed by atoms with van der Waals surface area (Å²) in [6, 6.07) is 1.93. The fraction of sp³-hybridized carbons (Fsp3) is 0.583. The molecule has 0 bridgehead atoms. The van der Waals surface area contributed by atoms with Crippen LogP contribution in [0.1, 0.15) is 25.8 Å². The molecule has 0 radical (unpaired) electrons. The number of nitrogens with one attached hydrogen (secondary N) is 1. The predicted octanol–water partition coefficient (Wildman–Crippen LogP) is 2.41. The van der Waals surface area contributed by atoms with Gasteiger partial charge in [0.1, 0.15) is 5.82 Å². The van der Waals surface area contributed by atoms with Crippen LogP contribution in [0.4, 0.5) is 5.82 Å². The molecule has 0 aliphatic rings. The second-order valence-electron chi connectivity index (χ2n) is 4.03. The van der Waals surface area contributed by atoms with Crippen LogP contribution in [-0.2, 0) is 11.3 Å². The van der Waals surface area contributed by atoms with E-state index in [1.165, 1.54) is 0 Å². The molecule has 1 heterocycles. The van der Waals surface area contributed by atoms with Crippen molar-refractivity contribution in [2.75, 3.05) is 18.5 Å². The lowest BCUT2D eigenvalue weighted by Crippen LogP contribution is -2.10. The molecule has 0 fully saturated rings. The molecule has 0 spiro atoms. The van der Waals surface area contributed by atoms with Crippen molar-refractivity contribution in [3.8, 4) is 0 Å². The van der Waals surface area contributed by atoms with Gasteiger partial charge in [0, 0.05) is 19.3 Å². The number of nitrogens with zero attached hydrogens (tertiary/aromatic N) is 1. The molecule has 0 unspecified atom stereocenters. The molecule has 0 amide bonds. The molecule has 1 rings (SSSR count). The van der Waals surface area contributed by atoms with Gasteiger partial charge >= 0.3 is 0 Å². The third-order valence-electron chi connectivity index (χ3n) is 2.15. The highest BCUT2D eigenvalue weighted by atomic mass is 127. The van der Waals surface area contributed by atoms with Crippen molar-refractivity contribution in [1.29, 1.82) is 0 Å². The Morgan fingerprint density at radius 2 is 2.29 bits per heavy atom. The number of aliphatic hydroxyl groups excluding tert-OH is 1. The van der Waals surface area contributed by atoms with E-state index in [4.69, 9.17) is 9.84 Å². The Hall–Kier alpha value is -0.400. The molecule has 0 atom stereocenters. The van der Waals surface area contributed by atoms with Crippen molar-refractivity contribution in [1.82, 2.24) is 4.98 Å². The highest BCUT2D eigenvalue weighted by molar-refractivity contribution is 14.1. The summed E-state index contributed by atoms with van der Waals surface area (Å²) in [5, 5.41) is 12.2. The SMILES string of the molecule is CC(C)OCCCNc1ncc(CO)cc1I. The fourth-order valence-corrected chi connectivity index (χ4v) is 2.02. The van der Waals surface area contributed by atoms with E-state index < -0.39 is 0 Å². The summed E-state index contributed by atoms with van der Waals surface area (Å²) in [5.74, 6) is 0.868. The Kier molecular flexibility index (Phi) is 6.76. The van der Waals surface area contributed by atoms with E-state index >= 15 is 0 Å². The number of aliphatic hydroxyl groups is 1. The topological polar surface area (TPSA) is 54.4 Å². The number of hydrogen-bond donors (Lipinski definition) is 2. The van der Waals surface area contributed by atoms with E-state index in [1.807, 2.05) is 19.9 Å². The zero-order chi connectivity index (χ0) is 12.7. The molecule has 2 N–H and O–H groups in total. The van der Waals surface area contributed by atoms with E-state index in [0.717, 1.165) is 34.5 Å². The first-order valence-corrected chi connectivity index (χ1v) is 6.82. The quantitative estimate of drug-likeness (QED) is 0.586. The van der Waals surface area contributed by atoms with Crippen LogP contribution in [0.25, 0.3) is 0 Å². The standard InChI is InChI=1S/C12H19IN2O2/c1-9(2)17-5-3-4-14-12-11(13)6-10(8-16)7-15-12/h6-7,9,16H,3-5,8H2,1-2H3,(H,14,15). The minimum Gasteiger partial charge on any atom is -0.392 e. The summed E-state index contributed by atoms with van der Waals surface area (Å²) in [5.41, 5.74) is 0.836. The van der Waals surface area contributed by atoms with E-state index in [9.17, 15) is 0 Å². The van der Waals surface area contributed by atoms with Crippen LogP contribution in [0.3, 0.4) is 0 Å². The van der Waals surface area contributed by atoms with Crippen LogP contribution < -0.4 is 5.32 Å². The van der Waals surface area contributed by atoms with Crippen LogP contribution in [0, 0.1) is 3.57 Å². The monoisotopic (exact) mass is 350 g/mol. The van der Waals surface area contributed by atoms with Crippen molar-refractivity contribution in [2.24, 2.45) is 0 Å². The first-order chi connectivity index (χ1) is 8.13. The second kappa shape index (κ2) is 7.84. The van der Waals surface area contributed by atoms with Gasteiger partial charge in [0.2, 0.25) is 0 Å². The van der Waals surface area contributed by atoms with E-state index in [0.29, 0.717) is 0 Å². The summed E-state index contributed by atoms with van der Waals surface area (Å²) in [4.78, 5) is 4.26. The molecule has 4 nitrogen and oxygen atoms in total. The van der Waals surface area contributed by atoms with Gasteiger partial charge in [0.25, 0.3) is 0 Å². The molecule has 0 saturated heterocycles. The number of ether oxygens (including phenoxy) is 1. The number of anilines is 1. The normalized spacial score (nSPS) is 10.9. The molecular formula is C12H19IN2O2. The van der Waals surface area contributed by atoms with Gasteiger partial charge in [-0.25, -0.2) is 4.98 Å². The summed E-state index contributed by atoms with van der Waals surface area (Å²) in [7, 11) is 0. The van der Waals surface area contributed by atoms with Crippen LogP contribution >= 0.6 is 22.6 Å². The van der Waals surface area contributed by atoms with Gasteiger partial charge in [-0.05, 0) is 54.5 Å². The summed E-state index contributed by atoms with van der Waals surface area (Å²) in [6.07, 6.45) is 2.93. The zero-order valence-electron chi connectivity index (χ0n) is 10.2. The maximum Gasteiger partial charge on any atom is 0.139 e. The average molecular weight is 350 g/mol. The number of rotatable bonds is 7. The molecule has 1 aromatic rings. The molecule has 5 heteroatoms. The molecule has 96 valence electrons. The molecule has 0 saturated carbocycles. The van der Waals surface area contributed by atoms with Crippen molar-refractivity contribution in [2.45, 2.75) is 33.0 Å². The lowest BCUT2D eigenvalue weighted by molar-refractivity contribution is 0.0787. The van der Waals surface area contributed by atoms with Crippen molar-refractivity contribution in [3.63, 3.8) is 0 Å². The van der Waals surface area contributed by atoms with E-state index in [-0.39, 0.29) is 12.7 Å². The van der Waals surface area contributed by atoms with Crippen LogP contribution in [0.2, 0.25) is 0 Å². The van der Waals surface area contributed by atoms with Crippen LogP contribution in [-0.4, -0.2) is 29.3 Å². The van der Waals surface area contributed by atoms with Crippen LogP contribution in [0.15, 0.2) is 12.3 Å². The van der Waals surface area contributed by atoms with Gasteiger partial charge in [0.15, 0.2) is 0 Å². The van der Waals surface area contributed by atoms with Gasteiger partial charge in [-0.2, -0.15) is 0 Å². The molecule has 17 heavy (non-hydrogen) atoms. The van der Waals surface area contributed by atoms with Gasteiger partial charge in [-0.3, -0.25) is 0 Å². The number of aromatic nitrogens is 1. The maximum atomic E-state index is 8.97. The summed E-state index contributed by atoms with van der Waals surface area (Å²) < 4.78 is 6.48. The molecular weight excluding hydrogens is 331 g/mol. The minimum atomic E-state index is 0.0332. The van der Waals surface area contributed by atoms with Crippen molar-refractivity contribution in [3.05, 3.63) is 21.4 Å². The van der Waals surface area contributed by atoms with Crippen molar-refractivity contribution >= 4 is 28.4 Å². The van der Waals surface area contributed by atoms with Gasteiger partial charge in [0.05, 0.1) is 16.3 Å². The van der Waals surface area contributed by atoms with Gasteiger partial charge in [-0.15, -0.1) is 0 Å². The minimum absolute atomic E-state index is 0.0332. The Morgan fingerprint density at radius 3 is 2.88 bits per heavy atom. The average Bonchev–Trinajstić information content (AvgIpc) is 2.30. The zero-order valence-corrected chi connectivity index (χ0v) is 12.4. The molecule has 1 aromatic heterocycles. The Morgan fingerprint density at radius 1 is 1.53 bits per heavy atom. The lowest BCUT2D eigenvalue weighted by Gasteiger charge is -2.10. The smallest absolute Gasteiger partial charge is 0.139 e. The number of pyridine rings is 1. The highest BCUT2D eigenvalue weighted by Crippen LogP contribution is 2.16. The lowest BCUT2D eigenvalue weighted by atomic mass is 10.3. The Bertz CT molecular complexity index is 345. The largest absolute Gasteiger partial charge is 0.392 e. The first kappa shape index (κ1) is 14.7. The third-order valence-corrected chi connectivity index (χ3v) is 2.97. The van der Waals surface area contributed by atoms with Crippen molar-refractivity contribution < 1.29 is 9.84 Å². The van der Waals surface area contributed by atoms with Gasteiger partial charge in [-0.1, -0.05) is 0 Å². The summed E-state index contributed by atoms with van der Waals surface area (Å²) >= 11 is 2.21. The maximum absolute atomic E-state index is 8.97. The third kappa shape index (κ3) is 5.65. The number of halogens is 1. The predicted molar refractivity (Wildman–Crippen MR) is 77.1 cm³/mol. The fourth-order valence-electron chi connectivity index (χ4n) is 1.29. The van der Waals surface area contributed by atoms with Gasteiger partial charge < -0.3 is 15.2 Å². The second-order valence-corrected chi connectivity index (χ2v) is 5.19. The highest BCUT2D eigenvalue weighted by Gasteiger charge is 2.02. The van der Waals surface area contributed by atoms with Crippen LogP contribution in [0.5, 0.6) is 0 Å².